The van der Waals surface area contributed by atoms with E-state index in [1.807, 2.05) is 80.3 Å². The van der Waals surface area contributed by atoms with Crippen molar-refractivity contribution >= 4 is 23.8 Å². The third kappa shape index (κ3) is 5.69. The third-order valence-electron chi connectivity index (χ3n) is 4.55. The molecule has 0 aliphatic carbocycles. The lowest BCUT2D eigenvalue weighted by molar-refractivity contribution is 0.324. The van der Waals surface area contributed by atoms with Crippen molar-refractivity contribution < 1.29 is 14.2 Å². The Bertz CT molecular complexity index is 1140. The molecule has 0 aliphatic heterocycles. The van der Waals surface area contributed by atoms with Crippen molar-refractivity contribution in [3.63, 3.8) is 0 Å². The Kier molecular flexibility index (Phi) is 7.77. The Balaban J connectivity index is 2.09. The number of ether oxygens (including phenoxy) is 3. The van der Waals surface area contributed by atoms with Crippen LogP contribution in [0.5, 0.6) is 17.2 Å². The first kappa shape index (κ1) is 22.9. The van der Waals surface area contributed by atoms with E-state index in [9.17, 15) is 0 Å². The second-order valence-corrected chi connectivity index (χ2v) is 7.88. The Morgan fingerprint density at radius 2 is 1.65 bits per heavy atom. The Morgan fingerprint density at radius 1 is 0.935 bits per heavy atom. The minimum absolute atomic E-state index is 0.253. The highest BCUT2D eigenvalue weighted by atomic mass is 35.5. The van der Waals surface area contributed by atoms with Gasteiger partial charge in [0.1, 0.15) is 23.9 Å². The highest BCUT2D eigenvalue weighted by molar-refractivity contribution is 7.71. The quantitative estimate of drug-likeness (QED) is 0.324. The van der Waals surface area contributed by atoms with Gasteiger partial charge in [0.25, 0.3) is 0 Å². The van der Waals surface area contributed by atoms with Gasteiger partial charge in [-0.25, -0.2) is 0 Å². The van der Waals surface area contributed by atoms with E-state index >= 15 is 0 Å². The van der Waals surface area contributed by atoms with E-state index in [0.717, 1.165) is 38.3 Å². The van der Waals surface area contributed by atoms with E-state index in [2.05, 4.69) is 6.58 Å². The van der Waals surface area contributed by atoms with Gasteiger partial charge in [-0.15, -0.1) is 0 Å². The normalized spacial score (nSPS) is 10.6. The van der Waals surface area contributed by atoms with Crippen LogP contribution in [0.4, 0.5) is 0 Å². The minimum atomic E-state index is 0.253. The van der Waals surface area contributed by atoms with Gasteiger partial charge in [0.15, 0.2) is 0 Å². The molecule has 0 amide bonds. The lowest BCUT2D eigenvalue weighted by Gasteiger charge is -2.16. The average Bonchev–Trinajstić information content (AvgIpc) is 2.75. The summed E-state index contributed by atoms with van der Waals surface area (Å²) in [6.07, 6.45) is 4.03. The smallest absolute Gasteiger partial charge is 0.130 e. The van der Waals surface area contributed by atoms with E-state index in [1.165, 1.54) is 0 Å². The fourth-order valence-electron chi connectivity index (χ4n) is 3.28. The molecule has 2 aromatic carbocycles. The molecule has 0 aliphatic rings. The zero-order valence-corrected chi connectivity index (χ0v) is 19.6. The van der Waals surface area contributed by atoms with E-state index in [-0.39, 0.29) is 6.61 Å². The monoisotopic (exact) mass is 455 g/mol. The Morgan fingerprint density at radius 3 is 2.35 bits per heavy atom. The second kappa shape index (κ2) is 10.5. The van der Waals surface area contributed by atoms with Gasteiger partial charge in [-0.3, -0.25) is 0 Å². The molecule has 0 fully saturated rings. The van der Waals surface area contributed by atoms with E-state index < -0.39 is 0 Å². The number of hydrogen-bond acceptors (Lipinski definition) is 4. The molecular weight excluding hydrogens is 430 g/mol. The van der Waals surface area contributed by atoms with Gasteiger partial charge in [-0.1, -0.05) is 42.5 Å². The third-order valence-corrected chi connectivity index (χ3v) is 5.10. The summed E-state index contributed by atoms with van der Waals surface area (Å²) in [5.74, 6) is 2.22. The van der Waals surface area contributed by atoms with E-state index in [4.69, 9.17) is 38.0 Å². The van der Waals surface area contributed by atoms with Crippen LogP contribution in [0.25, 0.3) is 22.3 Å². The fraction of sp³-hybridized carbons (Fsp3) is 0.240. The lowest BCUT2D eigenvalue weighted by atomic mass is 10.0. The predicted molar refractivity (Wildman–Crippen MR) is 130 cm³/mol. The molecule has 1 heterocycles. The van der Waals surface area contributed by atoms with Gasteiger partial charge < -0.3 is 18.8 Å². The molecule has 0 atom stereocenters. The molecule has 3 aromatic rings. The van der Waals surface area contributed by atoms with Crippen LogP contribution in [0.1, 0.15) is 13.8 Å². The summed E-state index contributed by atoms with van der Waals surface area (Å²) in [5, 5.41) is 0.446. The molecule has 162 valence electrons. The topological polar surface area (TPSA) is 32.6 Å². The van der Waals surface area contributed by atoms with Crippen molar-refractivity contribution in [1.82, 2.24) is 4.57 Å². The van der Waals surface area contributed by atoms with Gasteiger partial charge in [-0.05, 0) is 43.7 Å². The second-order valence-electron chi connectivity index (χ2n) is 6.94. The summed E-state index contributed by atoms with van der Waals surface area (Å²) >= 11 is 11.7. The number of hydrogen-bond donors (Lipinski definition) is 0. The molecule has 0 saturated carbocycles. The highest BCUT2D eigenvalue weighted by Gasteiger charge is 2.14. The standard InChI is InChI=1S/C25H26ClNO3S/c1-5-28-20-10-11-21(24(13-20)29-6-2)23-15-27(4)14-22(25(23)31)18-8-7-9-19(12-18)30-16-17(3)26/h7-15H,3,5-6,16H2,1-2,4H3. The van der Waals surface area contributed by atoms with Gasteiger partial charge in [0.2, 0.25) is 0 Å². The van der Waals surface area contributed by atoms with Crippen LogP contribution in [0.2, 0.25) is 0 Å². The summed E-state index contributed by atoms with van der Waals surface area (Å²) in [7, 11) is 1.98. The maximum Gasteiger partial charge on any atom is 0.130 e. The first-order valence-corrected chi connectivity index (χ1v) is 10.9. The molecular formula is C25H26ClNO3S. The van der Waals surface area contributed by atoms with E-state index in [1.54, 1.807) is 0 Å². The first-order chi connectivity index (χ1) is 14.9. The number of benzene rings is 2. The zero-order valence-electron chi connectivity index (χ0n) is 18.0. The SMILES string of the molecule is C=C(Cl)COc1cccc(-c2cn(C)cc(-c3ccc(OCC)cc3OCC)c2=S)c1. The van der Waals surface area contributed by atoms with Crippen LogP contribution in [-0.2, 0) is 7.05 Å². The summed E-state index contributed by atoms with van der Waals surface area (Å²) < 4.78 is 20.0. The van der Waals surface area contributed by atoms with Crippen molar-refractivity contribution in [3.8, 4) is 39.5 Å². The fourth-order valence-corrected chi connectivity index (χ4v) is 3.66. The number of nitrogens with zero attached hydrogens (tertiary/aromatic N) is 1. The first-order valence-electron chi connectivity index (χ1n) is 10.1. The number of halogens is 1. The largest absolute Gasteiger partial charge is 0.494 e. The van der Waals surface area contributed by atoms with Crippen LogP contribution in [0.3, 0.4) is 0 Å². The molecule has 0 spiro atoms. The molecule has 6 heteroatoms. The number of aryl methyl sites for hydroxylation is 1. The lowest BCUT2D eigenvalue weighted by Crippen LogP contribution is -2.00. The maximum absolute atomic E-state index is 5.92. The molecule has 0 saturated heterocycles. The van der Waals surface area contributed by atoms with Crippen molar-refractivity contribution in [2.45, 2.75) is 13.8 Å². The van der Waals surface area contributed by atoms with Crippen LogP contribution in [-0.4, -0.2) is 24.4 Å². The minimum Gasteiger partial charge on any atom is -0.494 e. The van der Waals surface area contributed by atoms with Crippen LogP contribution >= 0.6 is 23.8 Å². The summed E-state index contributed by atoms with van der Waals surface area (Å²) in [5.41, 5.74) is 3.74. The van der Waals surface area contributed by atoms with Gasteiger partial charge in [0.05, 0.1) is 17.7 Å². The number of rotatable bonds is 9. The maximum atomic E-state index is 5.92. The molecule has 1 aromatic heterocycles. The van der Waals surface area contributed by atoms with E-state index in [0.29, 0.717) is 24.0 Å². The number of aromatic nitrogens is 1. The van der Waals surface area contributed by atoms with Gasteiger partial charge >= 0.3 is 0 Å². The molecule has 0 bridgehead atoms. The molecule has 4 nitrogen and oxygen atoms in total. The summed E-state index contributed by atoms with van der Waals surface area (Å²) in [6, 6.07) is 13.6. The Labute approximate surface area is 193 Å². The van der Waals surface area contributed by atoms with Crippen LogP contribution < -0.4 is 14.2 Å². The molecule has 3 rings (SSSR count). The molecule has 0 unspecified atom stereocenters. The molecule has 0 radical (unpaired) electrons. The molecule has 31 heavy (non-hydrogen) atoms. The van der Waals surface area contributed by atoms with Gasteiger partial charge in [0, 0.05) is 47.2 Å². The van der Waals surface area contributed by atoms with Crippen molar-refractivity contribution in [1.29, 1.82) is 0 Å². The molecule has 0 N–H and O–H groups in total. The van der Waals surface area contributed by atoms with Crippen LogP contribution in [0.15, 0.2) is 66.5 Å². The number of pyridine rings is 1. The van der Waals surface area contributed by atoms with Crippen molar-refractivity contribution in [2.24, 2.45) is 7.05 Å². The summed E-state index contributed by atoms with van der Waals surface area (Å²) in [6.45, 7) is 8.98. The highest BCUT2D eigenvalue weighted by Crippen LogP contribution is 2.37. The van der Waals surface area contributed by atoms with Crippen molar-refractivity contribution in [3.05, 3.63) is 71.0 Å². The van der Waals surface area contributed by atoms with Crippen LogP contribution in [0, 0.1) is 4.51 Å². The predicted octanol–water partition coefficient (Wildman–Crippen LogP) is 7.02. The summed E-state index contributed by atoms with van der Waals surface area (Å²) in [4.78, 5) is 0. The zero-order chi connectivity index (χ0) is 22.4. The Hall–Kier alpha value is -2.76. The van der Waals surface area contributed by atoms with Crippen molar-refractivity contribution in [2.75, 3.05) is 19.8 Å². The average molecular weight is 456 g/mol. The van der Waals surface area contributed by atoms with Gasteiger partial charge in [-0.2, -0.15) is 0 Å².